The summed E-state index contributed by atoms with van der Waals surface area (Å²) in [5, 5.41) is 3.12. The van der Waals surface area contributed by atoms with Crippen molar-refractivity contribution >= 4 is 24.0 Å². The Bertz CT molecular complexity index is 514. The molecule has 2 aromatic rings. The van der Waals surface area contributed by atoms with Crippen LogP contribution in [0.3, 0.4) is 0 Å². The minimum atomic E-state index is 0.601. The molecule has 2 rings (SSSR count). The molecule has 0 amide bonds. The predicted molar refractivity (Wildman–Crippen MR) is 81.6 cm³/mol. The van der Waals surface area contributed by atoms with E-state index in [4.69, 9.17) is 9.47 Å². The van der Waals surface area contributed by atoms with E-state index in [-0.39, 0.29) is 0 Å². The number of hydrogen-bond donors (Lipinski definition) is 1. The van der Waals surface area contributed by atoms with Crippen LogP contribution in [-0.2, 0) is 12.2 Å². The summed E-state index contributed by atoms with van der Waals surface area (Å²) < 4.78 is 11.3. The van der Waals surface area contributed by atoms with Crippen molar-refractivity contribution < 1.29 is 9.47 Å². The van der Waals surface area contributed by atoms with E-state index in [1.54, 1.807) is 11.3 Å². The van der Waals surface area contributed by atoms with Crippen LogP contribution in [0, 0.1) is 0 Å². The summed E-state index contributed by atoms with van der Waals surface area (Å²) in [6.07, 6.45) is 0.804. The SMILES string of the molecule is CCOc1ccccc1OCCc1nc(CS)cs1. The van der Waals surface area contributed by atoms with Crippen LogP contribution in [0.4, 0.5) is 0 Å². The smallest absolute Gasteiger partial charge is 0.161 e. The Kier molecular flexibility index (Phi) is 5.54. The lowest BCUT2D eigenvalue weighted by atomic mass is 10.3. The zero-order valence-electron chi connectivity index (χ0n) is 10.8. The highest BCUT2D eigenvalue weighted by atomic mass is 32.1. The normalized spacial score (nSPS) is 10.4. The zero-order valence-corrected chi connectivity index (χ0v) is 12.5. The third-order valence-corrected chi connectivity index (χ3v) is 3.77. The van der Waals surface area contributed by atoms with Crippen LogP contribution in [0.25, 0.3) is 0 Å². The van der Waals surface area contributed by atoms with Crippen molar-refractivity contribution in [3.8, 4) is 11.5 Å². The molecule has 0 saturated heterocycles. The molecule has 3 nitrogen and oxygen atoms in total. The molecule has 0 saturated carbocycles. The van der Waals surface area contributed by atoms with Gasteiger partial charge in [0.2, 0.25) is 0 Å². The minimum Gasteiger partial charge on any atom is -0.490 e. The van der Waals surface area contributed by atoms with Crippen molar-refractivity contribution in [2.24, 2.45) is 0 Å². The molecular weight excluding hydrogens is 278 g/mol. The highest BCUT2D eigenvalue weighted by molar-refractivity contribution is 7.79. The number of aromatic nitrogens is 1. The van der Waals surface area contributed by atoms with Crippen LogP contribution in [-0.4, -0.2) is 18.2 Å². The van der Waals surface area contributed by atoms with Gasteiger partial charge in [-0.05, 0) is 19.1 Å². The summed E-state index contributed by atoms with van der Waals surface area (Å²) in [7, 11) is 0. The number of thiazole rings is 1. The van der Waals surface area contributed by atoms with Gasteiger partial charge in [-0.15, -0.1) is 11.3 Å². The van der Waals surface area contributed by atoms with Crippen molar-refractivity contribution in [1.29, 1.82) is 0 Å². The second kappa shape index (κ2) is 7.40. The molecule has 0 atom stereocenters. The highest BCUT2D eigenvalue weighted by Gasteiger charge is 2.05. The summed E-state index contributed by atoms with van der Waals surface area (Å²) in [6, 6.07) is 7.73. The third kappa shape index (κ3) is 4.14. The number of para-hydroxylation sites is 2. The standard InChI is InChI=1S/C14H17NO2S2/c1-2-16-12-5-3-4-6-13(12)17-8-7-14-15-11(9-18)10-19-14/h3-6,10,18H,2,7-9H2,1H3. The molecule has 0 unspecified atom stereocenters. The van der Waals surface area contributed by atoms with Crippen LogP contribution < -0.4 is 9.47 Å². The minimum absolute atomic E-state index is 0.601. The molecule has 102 valence electrons. The maximum Gasteiger partial charge on any atom is 0.161 e. The number of nitrogens with zero attached hydrogens (tertiary/aromatic N) is 1. The van der Waals surface area contributed by atoms with Gasteiger partial charge in [-0.3, -0.25) is 0 Å². The largest absolute Gasteiger partial charge is 0.490 e. The Morgan fingerprint density at radius 3 is 2.58 bits per heavy atom. The first-order valence-electron chi connectivity index (χ1n) is 6.22. The van der Waals surface area contributed by atoms with Gasteiger partial charge < -0.3 is 9.47 Å². The van der Waals surface area contributed by atoms with Gasteiger partial charge in [0.1, 0.15) is 0 Å². The van der Waals surface area contributed by atoms with E-state index in [2.05, 4.69) is 17.6 Å². The van der Waals surface area contributed by atoms with Gasteiger partial charge in [0.15, 0.2) is 11.5 Å². The molecule has 5 heteroatoms. The van der Waals surface area contributed by atoms with Crippen LogP contribution in [0.1, 0.15) is 17.6 Å². The van der Waals surface area contributed by atoms with Crippen LogP contribution in [0.5, 0.6) is 11.5 Å². The van der Waals surface area contributed by atoms with Gasteiger partial charge in [0, 0.05) is 17.6 Å². The van der Waals surface area contributed by atoms with Crippen molar-refractivity contribution in [3.63, 3.8) is 0 Å². The lowest BCUT2D eigenvalue weighted by molar-refractivity contribution is 0.279. The monoisotopic (exact) mass is 295 g/mol. The van der Waals surface area contributed by atoms with E-state index in [1.165, 1.54) is 0 Å². The van der Waals surface area contributed by atoms with Gasteiger partial charge in [-0.1, -0.05) is 12.1 Å². The molecule has 0 aliphatic heterocycles. The Hall–Kier alpha value is -1.20. The Morgan fingerprint density at radius 1 is 1.21 bits per heavy atom. The quantitative estimate of drug-likeness (QED) is 0.792. The van der Waals surface area contributed by atoms with E-state index in [9.17, 15) is 0 Å². The van der Waals surface area contributed by atoms with Gasteiger partial charge in [-0.2, -0.15) is 12.6 Å². The van der Waals surface area contributed by atoms with Gasteiger partial charge in [-0.25, -0.2) is 4.98 Å². The number of benzene rings is 1. The van der Waals surface area contributed by atoms with Crippen LogP contribution in [0.15, 0.2) is 29.6 Å². The number of rotatable bonds is 7. The van der Waals surface area contributed by atoms with Crippen molar-refractivity contribution in [1.82, 2.24) is 4.98 Å². The van der Waals surface area contributed by atoms with Gasteiger partial charge in [0.05, 0.1) is 23.9 Å². The second-order valence-electron chi connectivity index (χ2n) is 3.87. The fourth-order valence-corrected chi connectivity index (χ4v) is 2.69. The molecule has 1 aromatic heterocycles. The van der Waals surface area contributed by atoms with Crippen LogP contribution >= 0.6 is 24.0 Å². The molecule has 19 heavy (non-hydrogen) atoms. The van der Waals surface area contributed by atoms with Crippen LogP contribution in [0.2, 0.25) is 0 Å². The summed E-state index contributed by atoms with van der Waals surface area (Å²) in [6.45, 7) is 3.20. The maximum absolute atomic E-state index is 5.76. The molecule has 0 radical (unpaired) electrons. The van der Waals surface area contributed by atoms with E-state index in [1.807, 2.05) is 36.6 Å². The first-order chi connectivity index (χ1) is 9.33. The average Bonchev–Trinajstić information content (AvgIpc) is 2.89. The summed E-state index contributed by atoms with van der Waals surface area (Å²) in [4.78, 5) is 4.45. The Labute approximate surface area is 123 Å². The number of hydrogen-bond acceptors (Lipinski definition) is 5. The molecule has 1 heterocycles. The first kappa shape index (κ1) is 14.2. The van der Waals surface area contributed by atoms with E-state index < -0.39 is 0 Å². The molecule has 0 bridgehead atoms. The third-order valence-electron chi connectivity index (χ3n) is 2.48. The van der Waals surface area contributed by atoms with Crippen molar-refractivity contribution in [2.75, 3.05) is 13.2 Å². The lowest BCUT2D eigenvalue weighted by Crippen LogP contribution is -2.03. The summed E-state index contributed by atoms with van der Waals surface area (Å²) in [5.74, 6) is 2.26. The molecule has 0 N–H and O–H groups in total. The van der Waals surface area contributed by atoms with E-state index in [0.29, 0.717) is 19.0 Å². The zero-order chi connectivity index (χ0) is 13.5. The van der Waals surface area contributed by atoms with Gasteiger partial charge >= 0.3 is 0 Å². The predicted octanol–water partition coefficient (Wildman–Crippen LogP) is 3.59. The lowest BCUT2D eigenvalue weighted by Gasteiger charge is -2.10. The van der Waals surface area contributed by atoms with Gasteiger partial charge in [0.25, 0.3) is 0 Å². The molecule has 0 aliphatic carbocycles. The molecule has 0 spiro atoms. The Balaban J connectivity index is 1.88. The fourth-order valence-electron chi connectivity index (χ4n) is 1.63. The van der Waals surface area contributed by atoms with Crippen molar-refractivity contribution in [3.05, 3.63) is 40.3 Å². The molecule has 1 aromatic carbocycles. The number of ether oxygens (including phenoxy) is 2. The summed E-state index contributed by atoms with van der Waals surface area (Å²) >= 11 is 5.86. The molecule has 0 aliphatic rings. The fraction of sp³-hybridized carbons (Fsp3) is 0.357. The molecular formula is C14H17NO2S2. The van der Waals surface area contributed by atoms with E-state index in [0.717, 1.165) is 28.6 Å². The highest BCUT2D eigenvalue weighted by Crippen LogP contribution is 2.26. The number of thiol groups is 1. The Morgan fingerprint density at radius 2 is 1.95 bits per heavy atom. The second-order valence-corrected chi connectivity index (χ2v) is 5.13. The topological polar surface area (TPSA) is 31.4 Å². The van der Waals surface area contributed by atoms with Crippen molar-refractivity contribution in [2.45, 2.75) is 19.1 Å². The maximum atomic E-state index is 5.76. The first-order valence-corrected chi connectivity index (χ1v) is 7.73. The molecule has 0 fully saturated rings. The average molecular weight is 295 g/mol. The van der Waals surface area contributed by atoms with E-state index >= 15 is 0 Å². The summed E-state index contributed by atoms with van der Waals surface area (Å²) in [5.41, 5.74) is 1.03.